The first kappa shape index (κ1) is 16.0. The number of nitrogens with one attached hydrogen (secondary N) is 2. The van der Waals surface area contributed by atoms with Gasteiger partial charge in [0.15, 0.2) is 0 Å². The Morgan fingerprint density at radius 3 is 2.69 bits per heavy atom. The molecule has 0 amide bonds. The highest BCUT2D eigenvalue weighted by Crippen LogP contribution is 2.23. The van der Waals surface area contributed by atoms with Crippen molar-refractivity contribution in [3.05, 3.63) is 65.6 Å². The number of aromatic carboxylic acids is 1. The second-order valence-electron chi connectivity index (χ2n) is 5.54. The number of fused-ring (bicyclic) bond motifs is 1. The summed E-state index contributed by atoms with van der Waals surface area (Å²) in [6.45, 7) is 0. The predicted molar refractivity (Wildman–Crippen MR) is 98.8 cm³/mol. The molecule has 4 rings (SSSR count). The first-order valence-corrected chi connectivity index (χ1v) is 8.04. The topological polar surface area (TPSA) is 104 Å². The van der Waals surface area contributed by atoms with Crippen LogP contribution in [0.3, 0.4) is 0 Å². The van der Waals surface area contributed by atoms with E-state index in [4.69, 9.17) is 16.7 Å². The zero-order chi connectivity index (χ0) is 18.1. The first-order chi connectivity index (χ1) is 12.6. The van der Waals surface area contributed by atoms with Crippen molar-refractivity contribution in [3.63, 3.8) is 0 Å². The van der Waals surface area contributed by atoms with Crippen molar-refractivity contribution < 1.29 is 9.90 Å². The maximum Gasteiger partial charge on any atom is 0.352 e. The lowest BCUT2D eigenvalue weighted by Crippen LogP contribution is -1.98. The number of carboxylic acids is 1. The van der Waals surface area contributed by atoms with Crippen molar-refractivity contribution in [1.29, 1.82) is 0 Å². The van der Waals surface area contributed by atoms with Gasteiger partial charge >= 0.3 is 5.97 Å². The quantitative estimate of drug-likeness (QED) is 0.502. The summed E-state index contributed by atoms with van der Waals surface area (Å²) >= 11 is 6.00. The van der Waals surface area contributed by atoms with Crippen LogP contribution in [0.25, 0.3) is 22.3 Å². The van der Waals surface area contributed by atoms with Crippen LogP contribution in [0.4, 0.5) is 11.6 Å². The van der Waals surface area contributed by atoms with Gasteiger partial charge in [0.2, 0.25) is 5.95 Å². The fraction of sp³-hybridized carbons (Fsp3) is 0. The number of aromatic nitrogens is 4. The molecular formula is C18H12ClN5O2. The van der Waals surface area contributed by atoms with Crippen molar-refractivity contribution >= 4 is 40.1 Å². The highest BCUT2D eigenvalue weighted by Gasteiger charge is 2.09. The molecule has 0 bridgehead atoms. The number of anilines is 2. The Kier molecular flexibility index (Phi) is 3.98. The van der Waals surface area contributed by atoms with Crippen LogP contribution in [-0.2, 0) is 0 Å². The Balaban J connectivity index is 1.64. The van der Waals surface area contributed by atoms with Gasteiger partial charge in [-0.05, 0) is 36.4 Å². The van der Waals surface area contributed by atoms with Gasteiger partial charge in [-0.1, -0.05) is 17.7 Å². The van der Waals surface area contributed by atoms with Crippen LogP contribution in [-0.4, -0.2) is 31.0 Å². The second kappa shape index (κ2) is 6.45. The van der Waals surface area contributed by atoms with Crippen molar-refractivity contribution in [2.75, 3.05) is 5.32 Å². The van der Waals surface area contributed by atoms with Gasteiger partial charge in [-0.15, -0.1) is 0 Å². The van der Waals surface area contributed by atoms with Gasteiger partial charge in [0.25, 0.3) is 0 Å². The minimum Gasteiger partial charge on any atom is -0.477 e. The summed E-state index contributed by atoms with van der Waals surface area (Å²) in [6.07, 6.45) is 3.25. The highest BCUT2D eigenvalue weighted by molar-refractivity contribution is 6.30. The number of H-pyrrole nitrogens is 1. The molecule has 0 unspecified atom stereocenters. The van der Waals surface area contributed by atoms with Crippen molar-refractivity contribution in [2.24, 2.45) is 0 Å². The molecule has 8 heteroatoms. The molecule has 3 aromatic heterocycles. The molecule has 0 saturated heterocycles. The van der Waals surface area contributed by atoms with E-state index in [0.717, 1.165) is 11.1 Å². The summed E-state index contributed by atoms with van der Waals surface area (Å²) in [5, 5.41) is 13.6. The van der Waals surface area contributed by atoms with E-state index < -0.39 is 5.97 Å². The van der Waals surface area contributed by atoms with Gasteiger partial charge in [0.1, 0.15) is 5.69 Å². The molecule has 7 nitrogen and oxygen atoms in total. The molecule has 0 aliphatic rings. The zero-order valence-corrected chi connectivity index (χ0v) is 14.0. The minimum absolute atomic E-state index is 0.141. The Morgan fingerprint density at radius 1 is 1.04 bits per heavy atom. The molecule has 0 aliphatic carbocycles. The number of halogens is 1. The molecule has 0 fully saturated rings. The minimum atomic E-state index is -0.999. The molecule has 0 spiro atoms. The van der Waals surface area contributed by atoms with Crippen molar-refractivity contribution in [2.45, 2.75) is 0 Å². The monoisotopic (exact) mass is 365 g/mol. The number of carboxylic acid groups (broad SMARTS) is 1. The lowest BCUT2D eigenvalue weighted by atomic mass is 10.2. The summed E-state index contributed by atoms with van der Waals surface area (Å²) in [5.41, 5.74) is 2.86. The van der Waals surface area contributed by atoms with E-state index >= 15 is 0 Å². The Morgan fingerprint density at radius 2 is 1.88 bits per heavy atom. The van der Waals surface area contributed by atoms with Gasteiger partial charge in [0.05, 0.1) is 11.4 Å². The second-order valence-corrected chi connectivity index (χ2v) is 5.98. The molecule has 0 atom stereocenters. The number of rotatable bonds is 4. The Labute approximate surface area is 152 Å². The third kappa shape index (κ3) is 3.20. The lowest BCUT2D eigenvalue weighted by molar-refractivity contribution is 0.0691. The third-order valence-electron chi connectivity index (χ3n) is 3.75. The van der Waals surface area contributed by atoms with Gasteiger partial charge in [-0.3, -0.25) is 4.98 Å². The largest absolute Gasteiger partial charge is 0.477 e. The Hall–Kier alpha value is -3.45. The van der Waals surface area contributed by atoms with E-state index in [0.29, 0.717) is 27.9 Å². The lowest BCUT2D eigenvalue weighted by Gasteiger charge is -2.06. The molecule has 3 heterocycles. The molecule has 0 aliphatic heterocycles. The third-order valence-corrected chi connectivity index (χ3v) is 3.98. The average Bonchev–Trinajstić information content (AvgIpc) is 3.06. The van der Waals surface area contributed by atoms with Gasteiger partial charge in [-0.2, -0.15) is 0 Å². The predicted octanol–water partition coefficient (Wildman–Crippen LogP) is 4.12. The van der Waals surface area contributed by atoms with Crippen LogP contribution < -0.4 is 5.32 Å². The average molecular weight is 366 g/mol. The molecule has 26 heavy (non-hydrogen) atoms. The summed E-state index contributed by atoms with van der Waals surface area (Å²) in [6, 6.07) is 12.2. The van der Waals surface area contributed by atoms with Gasteiger partial charge in [-0.25, -0.2) is 14.8 Å². The van der Waals surface area contributed by atoms with E-state index in [-0.39, 0.29) is 5.69 Å². The summed E-state index contributed by atoms with van der Waals surface area (Å²) in [4.78, 5) is 26.8. The Bertz CT molecular complexity index is 1130. The molecule has 1 aromatic carbocycles. The van der Waals surface area contributed by atoms with E-state index in [1.165, 1.54) is 0 Å². The normalized spacial score (nSPS) is 10.8. The smallest absolute Gasteiger partial charge is 0.352 e. The molecule has 0 radical (unpaired) electrons. The van der Waals surface area contributed by atoms with Gasteiger partial charge < -0.3 is 15.4 Å². The summed E-state index contributed by atoms with van der Waals surface area (Å²) < 4.78 is 0. The number of carbonyl (C=O) groups is 1. The molecule has 3 N–H and O–H groups in total. The fourth-order valence-corrected chi connectivity index (χ4v) is 2.72. The first-order valence-electron chi connectivity index (χ1n) is 7.66. The SMILES string of the molecule is O=C(O)c1cc2ccc(Nc3nccc(-c4cc(Cl)ccn4)n3)cc2[nH]1. The standard InChI is InChI=1S/C18H12ClN5O2/c19-11-3-5-20-15(8-11)13-4-6-21-18(24-13)22-12-2-1-10-7-16(17(25)26)23-14(10)9-12/h1-9,23H,(H,25,26)(H,21,22,24). The number of hydrogen-bond donors (Lipinski definition) is 3. The van der Waals surface area contributed by atoms with Crippen molar-refractivity contribution in [3.8, 4) is 11.4 Å². The number of aromatic amines is 1. The zero-order valence-electron chi connectivity index (χ0n) is 13.3. The van der Waals surface area contributed by atoms with Crippen LogP contribution in [0.15, 0.2) is 54.9 Å². The van der Waals surface area contributed by atoms with Crippen LogP contribution in [0.2, 0.25) is 5.02 Å². The van der Waals surface area contributed by atoms with E-state index in [9.17, 15) is 4.79 Å². The number of pyridine rings is 1. The van der Waals surface area contributed by atoms with Crippen LogP contribution in [0.1, 0.15) is 10.5 Å². The molecule has 0 saturated carbocycles. The highest BCUT2D eigenvalue weighted by atomic mass is 35.5. The molecule has 4 aromatic rings. The number of hydrogen-bond acceptors (Lipinski definition) is 5. The van der Waals surface area contributed by atoms with Crippen molar-refractivity contribution in [1.82, 2.24) is 19.9 Å². The van der Waals surface area contributed by atoms with E-state index in [1.807, 2.05) is 12.1 Å². The maximum absolute atomic E-state index is 11.1. The maximum atomic E-state index is 11.1. The number of nitrogens with zero attached hydrogens (tertiary/aromatic N) is 3. The summed E-state index contributed by atoms with van der Waals surface area (Å²) in [7, 11) is 0. The number of benzene rings is 1. The molecule has 128 valence electrons. The van der Waals surface area contributed by atoms with E-state index in [2.05, 4.69) is 25.3 Å². The van der Waals surface area contributed by atoms with Crippen LogP contribution in [0.5, 0.6) is 0 Å². The van der Waals surface area contributed by atoms with Gasteiger partial charge in [0, 0.05) is 34.0 Å². The van der Waals surface area contributed by atoms with E-state index in [1.54, 1.807) is 42.7 Å². The molecular weight excluding hydrogens is 354 g/mol. The van der Waals surface area contributed by atoms with Crippen LogP contribution in [0, 0.1) is 0 Å². The van der Waals surface area contributed by atoms with Crippen LogP contribution >= 0.6 is 11.6 Å². The summed E-state index contributed by atoms with van der Waals surface area (Å²) in [5.74, 6) is -0.602. The fourth-order valence-electron chi connectivity index (χ4n) is 2.56.